The Labute approximate surface area is 210 Å². The average molecular weight is 559 g/mol. The summed E-state index contributed by atoms with van der Waals surface area (Å²) < 4.78 is 92.6. The van der Waals surface area contributed by atoms with Crippen molar-refractivity contribution in [2.75, 3.05) is 5.32 Å². The van der Waals surface area contributed by atoms with Crippen molar-refractivity contribution in [1.82, 2.24) is 14.4 Å². The van der Waals surface area contributed by atoms with E-state index in [-0.39, 0.29) is 23.0 Å². The maximum absolute atomic E-state index is 13.2. The molecule has 1 N–H and O–H groups in total. The van der Waals surface area contributed by atoms with Crippen LogP contribution in [0.3, 0.4) is 0 Å². The fourth-order valence-corrected chi connectivity index (χ4v) is 6.91. The van der Waals surface area contributed by atoms with Crippen LogP contribution in [0.2, 0.25) is 0 Å². The average Bonchev–Trinajstić information content (AvgIpc) is 3.31. The number of halogens is 5. The second kappa shape index (κ2) is 8.15. The molecule has 1 aliphatic rings. The Morgan fingerprint density at radius 3 is 2.14 bits per heavy atom. The molecule has 0 aliphatic heterocycles. The number of hydrogen-bond donors (Lipinski definition) is 1. The Morgan fingerprint density at radius 2 is 1.51 bits per heavy atom. The quantitative estimate of drug-likeness (QED) is 0.252. The fourth-order valence-electron chi connectivity index (χ4n) is 4.54. The summed E-state index contributed by atoms with van der Waals surface area (Å²) in [6.45, 7) is 0. The van der Waals surface area contributed by atoms with Crippen LogP contribution in [-0.2, 0) is 9.84 Å². The first-order chi connectivity index (χ1) is 17.2. The van der Waals surface area contributed by atoms with E-state index < -0.39 is 30.2 Å². The Balaban J connectivity index is 1.22. The van der Waals surface area contributed by atoms with Crippen LogP contribution in [0.15, 0.2) is 83.1 Å². The Bertz CT molecular complexity index is 1550. The van der Waals surface area contributed by atoms with Crippen LogP contribution in [0.5, 0.6) is 0 Å². The van der Waals surface area contributed by atoms with Gasteiger partial charge in [-0.15, -0.1) is 0 Å². The zero-order valence-electron chi connectivity index (χ0n) is 19.3. The molecule has 0 saturated heterocycles. The molecule has 0 unspecified atom stereocenters. The summed E-state index contributed by atoms with van der Waals surface area (Å²) in [6, 6.07) is 11.5. The number of aromatic nitrogens is 3. The number of imidazole rings is 1. The lowest BCUT2D eigenvalue weighted by Crippen LogP contribution is -2.33. The lowest BCUT2D eigenvalue weighted by molar-refractivity contribution is 0.363. The Morgan fingerprint density at radius 1 is 0.838 bits per heavy atom. The molecule has 6 nitrogen and oxygen atoms in total. The van der Waals surface area contributed by atoms with Crippen LogP contribution in [0.1, 0.15) is 25.7 Å². The molecular formula is C24H23F5N4O2S2. The first-order valence-electron chi connectivity index (χ1n) is 11.4. The smallest absolute Gasteiger partial charge is 0.311 e. The molecule has 3 heterocycles. The number of nitrogens with one attached hydrogen (secondary N) is 1. The largest absolute Gasteiger partial charge is 0.367 e. The summed E-state index contributed by atoms with van der Waals surface area (Å²) in [5, 5.41) is 2.33. The number of rotatable bonds is 6. The molecule has 0 radical (unpaired) electrons. The van der Waals surface area contributed by atoms with Gasteiger partial charge < -0.3 is 9.72 Å². The van der Waals surface area contributed by atoms with Gasteiger partial charge in [0.15, 0.2) is 9.84 Å². The van der Waals surface area contributed by atoms with E-state index in [1.807, 2.05) is 28.9 Å². The summed E-state index contributed by atoms with van der Waals surface area (Å²) in [5.41, 5.74) is 2.60. The molecule has 0 bridgehead atoms. The van der Waals surface area contributed by atoms with Crippen LogP contribution < -0.4 is 5.32 Å². The van der Waals surface area contributed by atoms with Gasteiger partial charge in [-0.2, -0.15) is 0 Å². The van der Waals surface area contributed by atoms with Gasteiger partial charge in [-0.1, -0.05) is 31.6 Å². The van der Waals surface area contributed by atoms with E-state index in [1.165, 1.54) is 0 Å². The van der Waals surface area contributed by atoms with Crippen LogP contribution in [-0.4, -0.2) is 34.1 Å². The first kappa shape index (κ1) is 25.5. The second-order valence-corrected chi connectivity index (χ2v) is 13.8. The van der Waals surface area contributed by atoms with Gasteiger partial charge in [-0.25, -0.2) is 18.4 Å². The van der Waals surface area contributed by atoms with E-state index in [0.29, 0.717) is 31.7 Å². The van der Waals surface area contributed by atoms with Gasteiger partial charge in [0.2, 0.25) is 0 Å². The van der Waals surface area contributed by atoms with Gasteiger partial charge in [0.25, 0.3) is 0 Å². The number of nitrogens with zero attached hydrogens (tertiary/aromatic N) is 3. The van der Waals surface area contributed by atoms with Crippen LogP contribution >= 0.6 is 10.2 Å². The van der Waals surface area contributed by atoms with Crippen molar-refractivity contribution >= 4 is 31.5 Å². The van der Waals surface area contributed by atoms with Crippen molar-refractivity contribution in [2.24, 2.45) is 0 Å². The molecule has 1 saturated carbocycles. The van der Waals surface area contributed by atoms with E-state index in [9.17, 15) is 27.8 Å². The molecule has 5 rings (SSSR count). The molecule has 1 aliphatic carbocycles. The predicted octanol–water partition coefficient (Wildman–Crippen LogP) is 7.25. The van der Waals surface area contributed by atoms with Gasteiger partial charge in [-0.3, -0.25) is 0 Å². The third kappa shape index (κ3) is 5.42. The normalized spacial score (nSPS) is 20.8. The standard InChI is InChI=1S/C24H23F5N4O2S2/c25-37(26,27,28,29)22-10-11-23(31-15-22)32-19-4-8-21(9-5-19)36(34,35)20-6-1-17(2-7-20)18-3-12-24-30-13-14-33(24)16-18/h1-3,6-7,10-16,19,21H,4-5,8-9H2,(H,31,32). The molecule has 0 amide bonds. The highest BCUT2D eigenvalue weighted by Gasteiger charge is 2.65. The van der Waals surface area contributed by atoms with E-state index in [0.717, 1.165) is 22.8 Å². The molecular weight excluding hydrogens is 535 g/mol. The number of pyridine rings is 2. The van der Waals surface area contributed by atoms with Gasteiger partial charge in [0.1, 0.15) is 16.4 Å². The molecule has 4 aromatic rings. The highest BCUT2D eigenvalue weighted by molar-refractivity contribution is 8.45. The van der Waals surface area contributed by atoms with E-state index in [4.69, 9.17) is 0 Å². The van der Waals surface area contributed by atoms with Crippen molar-refractivity contribution < 1.29 is 27.8 Å². The maximum atomic E-state index is 13.2. The molecule has 37 heavy (non-hydrogen) atoms. The predicted molar refractivity (Wildman–Crippen MR) is 133 cm³/mol. The van der Waals surface area contributed by atoms with Gasteiger partial charge in [-0.05, 0) is 73.2 Å². The summed E-state index contributed by atoms with van der Waals surface area (Å²) in [6.07, 6.45) is 7.15. The molecule has 1 fully saturated rings. The van der Waals surface area contributed by atoms with Crippen molar-refractivity contribution in [3.63, 3.8) is 0 Å². The van der Waals surface area contributed by atoms with Crippen molar-refractivity contribution in [3.05, 3.63) is 73.3 Å². The number of sulfone groups is 1. The maximum Gasteiger partial charge on any atom is 0.311 e. The molecule has 0 spiro atoms. The summed E-state index contributed by atoms with van der Waals surface area (Å²) in [5.74, 6) is 0.0291. The molecule has 1 aromatic carbocycles. The summed E-state index contributed by atoms with van der Waals surface area (Å²) in [7, 11) is -13.4. The van der Waals surface area contributed by atoms with Crippen molar-refractivity contribution in [3.8, 4) is 11.1 Å². The number of benzene rings is 1. The minimum atomic E-state index is -9.77. The lowest BCUT2D eigenvalue weighted by Gasteiger charge is -2.40. The SMILES string of the molecule is O=S(=O)(c1ccc(-c2ccc3nccn3c2)cc1)C1CCC(Nc2ccc(S(F)(F)(F)(F)F)cn2)CC1. The Kier molecular flexibility index (Phi) is 5.61. The number of fused-ring (bicyclic) bond motifs is 1. The second-order valence-electron chi connectivity index (χ2n) is 9.15. The molecule has 13 heteroatoms. The van der Waals surface area contributed by atoms with Crippen LogP contribution in [0, 0.1) is 0 Å². The van der Waals surface area contributed by atoms with Gasteiger partial charge in [0, 0.05) is 24.6 Å². The molecule has 0 atom stereocenters. The molecule has 3 aromatic heterocycles. The summed E-state index contributed by atoms with van der Waals surface area (Å²) in [4.78, 5) is 5.87. The number of hydrogen-bond acceptors (Lipinski definition) is 5. The topological polar surface area (TPSA) is 76.4 Å². The Hall–Kier alpha value is -3.19. The third-order valence-corrected chi connectivity index (χ3v) is 9.96. The molecule has 198 valence electrons. The minimum absolute atomic E-state index is 0.0291. The van der Waals surface area contributed by atoms with Gasteiger partial charge in [0.05, 0.1) is 16.3 Å². The van der Waals surface area contributed by atoms with E-state index >= 15 is 0 Å². The van der Waals surface area contributed by atoms with Crippen LogP contribution in [0.4, 0.5) is 25.2 Å². The highest BCUT2D eigenvalue weighted by atomic mass is 32.5. The highest BCUT2D eigenvalue weighted by Crippen LogP contribution is 3.02. The first-order valence-corrected chi connectivity index (χ1v) is 14.9. The fraction of sp³-hybridized carbons (Fsp3) is 0.250. The van der Waals surface area contributed by atoms with Crippen molar-refractivity contribution in [1.29, 1.82) is 0 Å². The monoisotopic (exact) mass is 558 g/mol. The summed E-state index contributed by atoms with van der Waals surface area (Å²) >= 11 is 0. The minimum Gasteiger partial charge on any atom is -0.367 e. The zero-order chi connectivity index (χ0) is 26.5. The van der Waals surface area contributed by atoms with Crippen LogP contribution in [0.25, 0.3) is 16.8 Å². The third-order valence-electron chi connectivity index (χ3n) is 6.55. The zero-order valence-corrected chi connectivity index (χ0v) is 20.9. The van der Waals surface area contributed by atoms with E-state index in [2.05, 4.69) is 15.3 Å². The lowest BCUT2D eigenvalue weighted by atomic mass is 9.95. The van der Waals surface area contributed by atoms with E-state index in [1.54, 1.807) is 30.5 Å². The van der Waals surface area contributed by atoms with Gasteiger partial charge >= 0.3 is 10.2 Å². The van der Waals surface area contributed by atoms with Crippen molar-refractivity contribution in [2.45, 2.75) is 46.8 Å². The number of anilines is 1.